The Morgan fingerprint density at radius 2 is 1.52 bits per heavy atom. The fraction of sp³-hybridized carbons (Fsp3) is 0.619. The lowest BCUT2D eigenvalue weighted by molar-refractivity contribution is -0.143. The van der Waals surface area contributed by atoms with Gasteiger partial charge in [0.05, 0.1) is 0 Å². The molecule has 0 spiro atoms. The Balaban J connectivity index is 1.92. The second-order valence-electron chi connectivity index (χ2n) is 7.29. The summed E-state index contributed by atoms with van der Waals surface area (Å²) in [6.45, 7) is 9.58. The maximum absolute atomic E-state index is 12.5. The predicted octanol–water partition coefficient (Wildman–Crippen LogP) is 2.81. The normalized spacial score (nSPS) is 14.9. The quantitative estimate of drug-likeness (QED) is 0.711. The molecule has 6 heteroatoms. The van der Waals surface area contributed by atoms with Crippen molar-refractivity contribution in [2.24, 2.45) is 0 Å². The summed E-state index contributed by atoms with van der Waals surface area (Å²) in [5.41, 5.74) is 1.82. The fourth-order valence-electron chi connectivity index (χ4n) is 3.16. The van der Waals surface area contributed by atoms with E-state index >= 15 is 0 Å². The van der Waals surface area contributed by atoms with Gasteiger partial charge < -0.3 is 20.0 Å². The van der Waals surface area contributed by atoms with E-state index in [1.807, 2.05) is 24.3 Å². The van der Waals surface area contributed by atoms with E-state index in [1.165, 1.54) is 0 Å². The molecule has 0 radical (unpaired) electrons. The van der Waals surface area contributed by atoms with Crippen LogP contribution in [0.15, 0.2) is 24.3 Å². The van der Waals surface area contributed by atoms with E-state index < -0.39 is 11.8 Å². The van der Waals surface area contributed by atoms with Crippen molar-refractivity contribution in [1.82, 2.24) is 9.80 Å². The molecule has 0 bridgehead atoms. The average Bonchev–Trinajstić information content (AvgIpc) is 2.69. The van der Waals surface area contributed by atoms with E-state index in [0.29, 0.717) is 18.8 Å². The molecule has 0 unspecified atom stereocenters. The van der Waals surface area contributed by atoms with Crippen LogP contribution in [0.1, 0.15) is 39.5 Å². The van der Waals surface area contributed by atoms with Crippen molar-refractivity contribution < 1.29 is 9.59 Å². The first kappa shape index (κ1) is 21.2. The van der Waals surface area contributed by atoms with Gasteiger partial charge in [-0.25, -0.2) is 0 Å². The number of benzene rings is 1. The Hall–Kier alpha value is -2.08. The minimum absolute atomic E-state index is 0.431. The zero-order valence-electron chi connectivity index (χ0n) is 17.0. The third kappa shape index (κ3) is 6.54. The Labute approximate surface area is 163 Å². The number of nitrogens with one attached hydrogen (secondary N) is 1. The number of hydrogen-bond donors (Lipinski definition) is 1. The number of amides is 2. The van der Waals surface area contributed by atoms with Gasteiger partial charge >= 0.3 is 11.8 Å². The van der Waals surface area contributed by atoms with Crippen LogP contribution in [0.4, 0.5) is 11.4 Å². The van der Waals surface area contributed by atoms with Crippen molar-refractivity contribution in [3.63, 3.8) is 0 Å². The van der Waals surface area contributed by atoms with Crippen molar-refractivity contribution >= 4 is 23.2 Å². The molecule has 6 nitrogen and oxygen atoms in total. The number of anilines is 2. The van der Waals surface area contributed by atoms with Gasteiger partial charge in [0.1, 0.15) is 0 Å². The smallest absolute Gasteiger partial charge is 0.313 e. The van der Waals surface area contributed by atoms with Gasteiger partial charge in [-0.3, -0.25) is 9.59 Å². The first-order valence-corrected chi connectivity index (χ1v) is 10.2. The minimum atomic E-state index is -0.547. The van der Waals surface area contributed by atoms with Crippen LogP contribution >= 0.6 is 0 Å². The molecular formula is C21H34N4O2. The van der Waals surface area contributed by atoms with E-state index in [4.69, 9.17) is 0 Å². The standard InChI is InChI=1S/C21H34N4O2/c1-4-6-12-25(13-7-5-2)21(27)20(26)22-18-8-10-19(11-9-18)24-16-14-23(3)15-17-24/h8-11H,4-7,12-17H2,1-3H3,(H,22,26). The molecule has 0 saturated carbocycles. The highest BCUT2D eigenvalue weighted by Gasteiger charge is 2.21. The third-order valence-corrected chi connectivity index (χ3v) is 5.04. The Morgan fingerprint density at radius 1 is 0.963 bits per heavy atom. The maximum atomic E-state index is 12.5. The van der Waals surface area contributed by atoms with E-state index in [2.05, 4.69) is 36.0 Å². The second kappa shape index (κ2) is 10.9. The number of nitrogens with zero attached hydrogens (tertiary/aromatic N) is 3. The van der Waals surface area contributed by atoms with Crippen LogP contribution in [-0.2, 0) is 9.59 Å². The first-order valence-electron chi connectivity index (χ1n) is 10.2. The zero-order chi connectivity index (χ0) is 19.6. The van der Waals surface area contributed by atoms with Crippen LogP contribution in [0.2, 0.25) is 0 Å². The molecule has 1 aliphatic heterocycles. The molecule has 2 amide bonds. The summed E-state index contributed by atoms with van der Waals surface area (Å²) in [7, 11) is 2.14. The van der Waals surface area contributed by atoms with Gasteiger partial charge in [-0.05, 0) is 44.2 Å². The molecule has 0 aliphatic carbocycles. The van der Waals surface area contributed by atoms with Gasteiger partial charge in [0.25, 0.3) is 0 Å². The highest BCUT2D eigenvalue weighted by molar-refractivity contribution is 6.39. The van der Waals surface area contributed by atoms with Crippen molar-refractivity contribution in [1.29, 1.82) is 0 Å². The monoisotopic (exact) mass is 374 g/mol. The fourth-order valence-corrected chi connectivity index (χ4v) is 3.16. The average molecular weight is 375 g/mol. The van der Waals surface area contributed by atoms with Gasteiger partial charge in [-0.15, -0.1) is 0 Å². The van der Waals surface area contributed by atoms with Crippen LogP contribution in [0.3, 0.4) is 0 Å². The van der Waals surface area contributed by atoms with E-state index in [-0.39, 0.29) is 0 Å². The van der Waals surface area contributed by atoms with Crippen molar-refractivity contribution in [3.8, 4) is 0 Å². The third-order valence-electron chi connectivity index (χ3n) is 5.04. The van der Waals surface area contributed by atoms with Crippen LogP contribution in [-0.4, -0.2) is 67.9 Å². The molecule has 1 fully saturated rings. The first-order chi connectivity index (χ1) is 13.0. The largest absolute Gasteiger partial charge is 0.369 e. The summed E-state index contributed by atoms with van der Waals surface area (Å²) in [6.07, 6.45) is 3.85. The van der Waals surface area contributed by atoms with E-state index in [1.54, 1.807) is 4.90 Å². The molecule has 150 valence electrons. The Bertz CT molecular complexity index is 587. The lowest BCUT2D eigenvalue weighted by atomic mass is 10.2. The number of carbonyl (C=O) groups excluding carboxylic acids is 2. The SMILES string of the molecule is CCCCN(CCCC)C(=O)C(=O)Nc1ccc(N2CCN(C)CC2)cc1. The lowest BCUT2D eigenvalue weighted by Gasteiger charge is -2.34. The maximum Gasteiger partial charge on any atom is 0.313 e. The van der Waals surface area contributed by atoms with Gasteiger partial charge in [0.15, 0.2) is 0 Å². The summed E-state index contributed by atoms with van der Waals surface area (Å²) in [6, 6.07) is 7.78. The van der Waals surface area contributed by atoms with Crippen LogP contribution in [0.5, 0.6) is 0 Å². The van der Waals surface area contributed by atoms with Gasteiger partial charge in [-0.1, -0.05) is 26.7 Å². The molecule has 1 N–H and O–H groups in total. The summed E-state index contributed by atoms with van der Waals surface area (Å²) >= 11 is 0. The summed E-state index contributed by atoms with van der Waals surface area (Å²) in [4.78, 5) is 31.2. The van der Waals surface area contributed by atoms with Crippen LogP contribution in [0.25, 0.3) is 0 Å². The van der Waals surface area contributed by atoms with E-state index in [9.17, 15) is 9.59 Å². The molecule has 1 saturated heterocycles. The van der Waals surface area contributed by atoms with Crippen LogP contribution in [0, 0.1) is 0 Å². The van der Waals surface area contributed by atoms with Gasteiger partial charge in [0, 0.05) is 50.6 Å². The number of carbonyl (C=O) groups is 2. The molecule has 1 aromatic carbocycles. The summed E-state index contributed by atoms with van der Waals surface area (Å²) in [5.74, 6) is -0.977. The summed E-state index contributed by atoms with van der Waals surface area (Å²) in [5, 5.41) is 2.76. The highest BCUT2D eigenvalue weighted by Crippen LogP contribution is 2.19. The molecule has 0 aromatic heterocycles. The number of unbranched alkanes of at least 4 members (excludes halogenated alkanes) is 2. The van der Waals surface area contributed by atoms with Crippen molar-refractivity contribution in [2.45, 2.75) is 39.5 Å². The highest BCUT2D eigenvalue weighted by atomic mass is 16.2. The van der Waals surface area contributed by atoms with E-state index in [0.717, 1.165) is 57.5 Å². The molecule has 1 aromatic rings. The van der Waals surface area contributed by atoms with Gasteiger partial charge in [0.2, 0.25) is 0 Å². The predicted molar refractivity (Wildman–Crippen MR) is 111 cm³/mol. The zero-order valence-corrected chi connectivity index (χ0v) is 17.0. The van der Waals surface area contributed by atoms with Crippen molar-refractivity contribution in [2.75, 3.05) is 56.5 Å². The molecular weight excluding hydrogens is 340 g/mol. The second-order valence-corrected chi connectivity index (χ2v) is 7.29. The Morgan fingerprint density at radius 3 is 2.04 bits per heavy atom. The molecule has 1 aliphatic rings. The summed E-state index contributed by atoms with van der Waals surface area (Å²) < 4.78 is 0. The molecule has 2 rings (SSSR count). The Kier molecular flexibility index (Phi) is 8.58. The van der Waals surface area contributed by atoms with Crippen LogP contribution < -0.4 is 10.2 Å². The molecule has 1 heterocycles. The number of piperazine rings is 1. The minimum Gasteiger partial charge on any atom is -0.369 e. The molecule has 0 atom stereocenters. The lowest BCUT2D eigenvalue weighted by Crippen LogP contribution is -2.44. The topological polar surface area (TPSA) is 55.9 Å². The van der Waals surface area contributed by atoms with Crippen molar-refractivity contribution in [3.05, 3.63) is 24.3 Å². The van der Waals surface area contributed by atoms with Gasteiger partial charge in [-0.2, -0.15) is 0 Å². The number of rotatable bonds is 8. The number of hydrogen-bond acceptors (Lipinski definition) is 4. The number of likely N-dealkylation sites (N-methyl/N-ethyl adjacent to an activating group) is 1. The molecule has 27 heavy (non-hydrogen) atoms.